The van der Waals surface area contributed by atoms with Crippen LogP contribution in [-0.2, 0) is 11.2 Å². The third-order valence-corrected chi connectivity index (χ3v) is 2.37. The second kappa shape index (κ2) is 5.32. The summed E-state index contributed by atoms with van der Waals surface area (Å²) in [7, 11) is 0. The molecule has 0 saturated heterocycles. The molecule has 0 aliphatic rings. The van der Waals surface area contributed by atoms with Crippen molar-refractivity contribution in [1.82, 2.24) is 4.98 Å². The molecule has 16 heavy (non-hydrogen) atoms. The highest BCUT2D eigenvalue weighted by Crippen LogP contribution is 1.93. The number of aromatic amines is 1. The molecule has 0 fully saturated rings. The maximum Gasteiger partial charge on any atom is 0.320 e. The van der Waals surface area contributed by atoms with Crippen LogP contribution >= 0.6 is 0 Å². The number of rotatable bonds is 4. The molecular formula is C12H16N2O2. The average molecular weight is 220 g/mol. The molecule has 1 unspecified atom stereocenters. The zero-order valence-corrected chi connectivity index (χ0v) is 9.23. The summed E-state index contributed by atoms with van der Waals surface area (Å²) in [6, 6.07) is -0.869. The molecule has 0 bridgehead atoms. The topological polar surface area (TPSA) is 79.1 Å². The lowest BCUT2D eigenvalue weighted by molar-refractivity contribution is -0.138. The second-order valence-corrected chi connectivity index (χ2v) is 3.48. The second-order valence-electron chi connectivity index (χ2n) is 3.48. The van der Waals surface area contributed by atoms with Crippen molar-refractivity contribution in [3.05, 3.63) is 35.0 Å². The van der Waals surface area contributed by atoms with E-state index in [0.717, 1.165) is 16.1 Å². The Morgan fingerprint density at radius 2 is 2.44 bits per heavy atom. The average Bonchev–Trinajstić information content (AvgIpc) is 2.61. The standard InChI is InChI=1S/C12H16N2O2/c1-3-5-11-9(4-2)8(7-14-11)6-10(13)12(15)16/h3-5,7,10,14H,1,6,13H2,2H3,(H,15,16)/b9-4-,11-5+. The van der Waals surface area contributed by atoms with E-state index in [1.54, 1.807) is 12.3 Å². The van der Waals surface area contributed by atoms with Gasteiger partial charge in [0.2, 0.25) is 0 Å². The van der Waals surface area contributed by atoms with Crippen LogP contribution in [0.2, 0.25) is 0 Å². The lowest BCUT2D eigenvalue weighted by Crippen LogP contribution is -2.35. The zero-order valence-electron chi connectivity index (χ0n) is 9.23. The Morgan fingerprint density at radius 3 is 2.94 bits per heavy atom. The van der Waals surface area contributed by atoms with Crippen molar-refractivity contribution in [3.8, 4) is 0 Å². The van der Waals surface area contributed by atoms with E-state index in [2.05, 4.69) is 11.6 Å². The Balaban J connectivity index is 3.13. The van der Waals surface area contributed by atoms with Gasteiger partial charge < -0.3 is 15.8 Å². The summed E-state index contributed by atoms with van der Waals surface area (Å²) < 4.78 is 0. The van der Waals surface area contributed by atoms with Crippen molar-refractivity contribution in [1.29, 1.82) is 0 Å². The number of carboxylic acids is 1. The third-order valence-electron chi connectivity index (χ3n) is 2.37. The largest absolute Gasteiger partial charge is 0.480 e. The Kier molecular flexibility index (Phi) is 4.08. The highest BCUT2D eigenvalue weighted by atomic mass is 16.4. The molecule has 1 rings (SSSR count). The van der Waals surface area contributed by atoms with Gasteiger partial charge in [0.25, 0.3) is 0 Å². The maximum atomic E-state index is 10.7. The number of carboxylic acid groups (broad SMARTS) is 1. The highest BCUT2D eigenvalue weighted by molar-refractivity contribution is 5.73. The molecule has 86 valence electrons. The van der Waals surface area contributed by atoms with Gasteiger partial charge in [-0.15, -0.1) is 0 Å². The van der Waals surface area contributed by atoms with Crippen LogP contribution in [0.5, 0.6) is 0 Å². The first-order chi connectivity index (χ1) is 7.60. The van der Waals surface area contributed by atoms with E-state index in [1.165, 1.54) is 0 Å². The molecule has 1 aromatic heterocycles. The van der Waals surface area contributed by atoms with Gasteiger partial charge in [-0.3, -0.25) is 4.79 Å². The summed E-state index contributed by atoms with van der Waals surface area (Å²) in [5.41, 5.74) is 6.41. The lowest BCUT2D eigenvalue weighted by atomic mass is 10.1. The Bertz CT molecular complexity index is 500. The van der Waals surface area contributed by atoms with Crippen LogP contribution in [0.3, 0.4) is 0 Å². The minimum Gasteiger partial charge on any atom is -0.480 e. The number of hydrogen-bond donors (Lipinski definition) is 3. The highest BCUT2D eigenvalue weighted by Gasteiger charge is 2.13. The molecule has 4 nitrogen and oxygen atoms in total. The van der Waals surface area contributed by atoms with E-state index in [4.69, 9.17) is 10.8 Å². The molecule has 0 aromatic carbocycles. The Hall–Kier alpha value is -1.81. The van der Waals surface area contributed by atoms with Crippen LogP contribution < -0.4 is 16.3 Å². The van der Waals surface area contributed by atoms with Gasteiger partial charge in [0.05, 0.1) is 0 Å². The van der Waals surface area contributed by atoms with Crippen molar-refractivity contribution in [2.75, 3.05) is 0 Å². The van der Waals surface area contributed by atoms with Gasteiger partial charge >= 0.3 is 5.97 Å². The van der Waals surface area contributed by atoms with E-state index in [-0.39, 0.29) is 0 Å². The molecule has 0 amide bonds. The molecule has 0 spiro atoms. The molecular weight excluding hydrogens is 204 g/mol. The smallest absolute Gasteiger partial charge is 0.320 e. The van der Waals surface area contributed by atoms with Crippen LogP contribution in [0.15, 0.2) is 18.9 Å². The lowest BCUT2D eigenvalue weighted by Gasteiger charge is -2.03. The zero-order chi connectivity index (χ0) is 12.1. The van der Waals surface area contributed by atoms with E-state index in [0.29, 0.717) is 6.42 Å². The first-order valence-corrected chi connectivity index (χ1v) is 5.04. The number of carbonyl (C=O) groups is 1. The fourth-order valence-electron chi connectivity index (χ4n) is 1.58. The molecule has 4 heteroatoms. The van der Waals surface area contributed by atoms with Crippen LogP contribution in [0.25, 0.3) is 12.2 Å². The number of hydrogen-bond acceptors (Lipinski definition) is 2. The van der Waals surface area contributed by atoms with E-state index >= 15 is 0 Å². The van der Waals surface area contributed by atoms with Gasteiger partial charge in [-0.1, -0.05) is 18.7 Å². The van der Waals surface area contributed by atoms with E-state index < -0.39 is 12.0 Å². The summed E-state index contributed by atoms with van der Waals surface area (Å²) in [5.74, 6) is -0.988. The van der Waals surface area contributed by atoms with Crippen molar-refractivity contribution in [3.63, 3.8) is 0 Å². The first kappa shape index (κ1) is 12.3. The number of nitrogens with one attached hydrogen (secondary N) is 1. The third kappa shape index (κ3) is 2.61. The van der Waals surface area contributed by atoms with Crippen LogP contribution in [0, 0.1) is 0 Å². The summed E-state index contributed by atoms with van der Waals surface area (Å²) in [6.07, 6.45) is 7.55. The van der Waals surface area contributed by atoms with Crippen molar-refractivity contribution < 1.29 is 9.90 Å². The van der Waals surface area contributed by atoms with Crippen LogP contribution in [-0.4, -0.2) is 22.1 Å². The summed E-state index contributed by atoms with van der Waals surface area (Å²) >= 11 is 0. The van der Waals surface area contributed by atoms with Crippen molar-refractivity contribution >= 4 is 18.1 Å². The van der Waals surface area contributed by atoms with Gasteiger partial charge in [-0.25, -0.2) is 0 Å². The number of nitrogens with two attached hydrogens (primary N) is 1. The minimum absolute atomic E-state index is 0.316. The van der Waals surface area contributed by atoms with Crippen LogP contribution in [0.4, 0.5) is 0 Å². The Labute approximate surface area is 93.8 Å². The first-order valence-electron chi connectivity index (χ1n) is 5.04. The predicted octanol–water partition coefficient (Wildman–Crippen LogP) is -0.264. The molecule has 1 atom stereocenters. The molecule has 0 saturated carbocycles. The minimum atomic E-state index is -0.988. The van der Waals surface area contributed by atoms with Gasteiger partial charge in [0, 0.05) is 18.0 Å². The predicted molar refractivity (Wildman–Crippen MR) is 64.2 cm³/mol. The monoisotopic (exact) mass is 220 g/mol. The molecule has 1 heterocycles. The molecule has 4 N–H and O–H groups in total. The summed E-state index contributed by atoms with van der Waals surface area (Å²) in [6.45, 7) is 5.52. The number of allylic oxidation sites excluding steroid dienone is 1. The molecule has 0 aliphatic carbocycles. The van der Waals surface area contributed by atoms with E-state index in [9.17, 15) is 4.79 Å². The summed E-state index contributed by atoms with van der Waals surface area (Å²) in [5, 5.41) is 10.7. The number of aliphatic carboxylic acids is 1. The maximum absolute atomic E-state index is 10.7. The fraction of sp³-hybridized carbons (Fsp3) is 0.250. The molecule has 0 aliphatic heterocycles. The Morgan fingerprint density at radius 1 is 1.75 bits per heavy atom. The SMILES string of the molecule is C=C/C=c1/[nH]cc(CC(N)C(=O)O)/c1=C/C. The fourth-order valence-corrected chi connectivity index (χ4v) is 1.58. The van der Waals surface area contributed by atoms with E-state index in [1.807, 2.05) is 19.1 Å². The normalized spacial score (nSPS) is 15.1. The van der Waals surface area contributed by atoms with Gasteiger partial charge in [0.1, 0.15) is 6.04 Å². The van der Waals surface area contributed by atoms with Gasteiger partial charge in [-0.2, -0.15) is 0 Å². The van der Waals surface area contributed by atoms with Gasteiger partial charge in [0.15, 0.2) is 0 Å². The summed E-state index contributed by atoms with van der Waals surface area (Å²) in [4.78, 5) is 13.7. The molecule has 0 radical (unpaired) electrons. The number of aromatic nitrogens is 1. The van der Waals surface area contributed by atoms with Gasteiger partial charge in [-0.05, 0) is 23.8 Å². The van der Waals surface area contributed by atoms with Crippen molar-refractivity contribution in [2.45, 2.75) is 19.4 Å². The number of H-pyrrole nitrogens is 1. The quantitative estimate of drug-likeness (QED) is 0.654. The van der Waals surface area contributed by atoms with Crippen LogP contribution in [0.1, 0.15) is 12.5 Å². The van der Waals surface area contributed by atoms with Crippen molar-refractivity contribution in [2.24, 2.45) is 5.73 Å². The molecule has 1 aromatic rings.